The number of allylic oxidation sites excluding steroid dienone is 3. The molecule has 18 heavy (non-hydrogen) atoms. The Kier molecular flexibility index (Phi) is 8.28. The first kappa shape index (κ1) is 15.0. The van der Waals surface area contributed by atoms with Crippen LogP contribution in [-0.4, -0.2) is 12.1 Å². The van der Waals surface area contributed by atoms with E-state index in [1.807, 2.05) is 6.08 Å². The van der Waals surface area contributed by atoms with Crippen LogP contribution in [0, 0.1) is 0 Å². The molecule has 1 heterocycles. The molecule has 1 saturated heterocycles. The third-order valence-corrected chi connectivity index (χ3v) is 3.32. The Morgan fingerprint density at radius 2 is 1.83 bits per heavy atom. The van der Waals surface area contributed by atoms with Crippen LogP contribution in [0.5, 0.6) is 0 Å². The minimum atomic E-state index is -0.0245. The maximum Gasteiger partial charge on any atom is 0.306 e. The predicted molar refractivity (Wildman–Crippen MR) is 75.4 cm³/mol. The lowest BCUT2D eigenvalue weighted by Crippen LogP contribution is -2.05. The molecule has 1 atom stereocenters. The molecule has 0 radical (unpaired) electrons. The second kappa shape index (κ2) is 9.93. The Bertz CT molecular complexity index is 268. The normalized spacial score (nSPS) is 19.3. The van der Waals surface area contributed by atoms with Crippen LogP contribution in [0.25, 0.3) is 0 Å². The highest BCUT2D eigenvalue weighted by molar-refractivity contribution is 5.71. The zero-order valence-corrected chi connectivity index (χ0v) is 11.4. The third-order valence-electron chi connectivity index (χ3n) is 3.32. The molecule has 0 N–H and O–H groups in total. The molecule has 0 aromatic rings. The smallest absolute Gasteiger partial charge is 0.306 e. The Labute approximate surface area is 111 Å². The Morgan fingerprint density at radius 3 is 2.50 bits per heavy atom. The molecule has 0 aromatic carbocycles. The molecule has 1 aliphatic rings. The van der Waals surface area contributed by atoms with E-state index in [9.17, 15) is 4.79 Å². The van der Waals surface area contributed by atoms with Crippen LogP contribution in [-0.2, 0) is 9.53 Å². The van der Waals surface area contributed by atoms with Gasteiger partial charge in [-0.15, -0.1) is 6.58 Å². The molecule has 1 rings (SSSR count). The first-order valence-corrected chi connectivity index (χ1v) is 7.28. The van der Waals surface area contributed by atoms with Crippen LogP contribution in [0.1, 0.15) is 64.2 Å². The monoisotopic (exact) mass is 250 g/mol. The molecule has 1 aliphatic heterocycles. The number of cyclic esters (lactones) is 1. The van der Waals surface area contributed by atoms with Gasteiger partial charge in [0.05, 0.1) is 0 Å². The second-order valence-electron chi connectivity index (χ2n) is 4.98. The van der Waals surface area contributed by atoms with Crippen molar-refractivity contribution in [3.63, 3.8) is 0 Å². The Balaban J connectivity index is 1.85. The van der Waals surface area contributed by atoms with E-state index in [0.29, 0.717) is 6.42 Å². The molecule has 2 nitrogen and oxygen atoms in total. The molecule has 0 unspecified atom stereocenters. The number of hydrogen-bond donors (Lipinski definition) is 0. The van der Waals surface area contributed by atoms with Crippen molar-refractivity contribution in [1.82, 2.24) is 0 Å². The van der Waals surface area contributed by atoms with Gasteiger partial charge >= 0.3 is 5.97 Å². The van der Waals surface area contributed by atoms with Crippen LogP contribution < -0.4 is 0 Å². The van der Waals surface area contributed by atoms with Gasteiger partial charge in [0.15, 0.2) is 0 Å². The lowest BCUT2D eigenvalue weighted by Gasteiger charge is -2.05. The number of esters is 1. The summed E-state index contributed by atoms with van der Waals surface area (Å²) in [6, 6.07) is 0. The maximum absolute atomic E-state index is 10.9. The van der Waals surface area contributed by atoms with Crippen LogP contribution in [0.3, 0.4) is 0 Å². The standard InChI is InChI=1S/C16H26O2/c1-2-3-4-5-6-7-8-9-10-11-12-15-13-14-16(17)18-15/h2,9-10,15H,1,3-8,11-14H2/b10-9-/t15-/m0/s1. The van der Waals surface area contributed by atoms with Crippen molar-refractivity contribution >= 4 is 5.97 Å². The number of unbranched alkanes of at least 4 members (excludes halogenated alkanes) is 5. The molecule has 102 valence electrons. The summed E-state index contributed by atoms with van der Waals surface area (Å²) in [5.41, 5.74) is 0. The molecule has 1 fully saturated rings. The number of carbonyl (C=O) groups is 1. The van der Waals surface area contributed by atoms with Crippen molar-refractivity contribution in [2.75, 3.05) is 0 Å². The van der Waals surface area contributed by atoms with Gasteiger partial charge in [0.2, 0.25) is 0 Å². The van der Waals surface area contributed by atoms with E-state index in [1.54, 1.807) is 0 Å². The Morgan fingerprint density at radius 1 is 1.11 bits per heavy atom. The molecule has 0 saturated carbocycles. The fourth-order valence-corrected chi connectivity index (χ4v) is 2.21. The van der Waals surface area contributed by atoms with E-state index in [-0.39, 0.29) is 12.1 Å². The fraction of sp³-hybridized carbons (Fsp3) is 0.688. The van der Waals surface area contributed by atoms with E-state index in [4.69, 9.17) is 4.74 Å². The first-order chi connectivity index (χ1) is 8.83. The van der Waals surface area contributed by atoms with Crippen molar-refractivity contribution in [2.24, 2.45) is 0 Å². The SMILES string of the molecule is C=CCCCCCC/C=C\CC[C@H]1CCC(=O)O1. The van der Waals surface area contributed by atoms with Gasteiger partial charge in [-0.3, -0.25) is 4.79 Å². The van der Waals surface area contributed by atoms with Crippen molar-refractivity contribution in [1.29, 1.82) is 0 Å². The summed E-state index contributed by atoms with van der Waals surface area (Å²) in [6.45, 7) is 3.72. The molecule has 0 amide bonds. The van der Waals surface area contributed by atoms with Gasteiger partial charge in [0.1, 0.15) is 6.10 Å². The highest BCUT2D eigenvalue weighted by Gasteiger charge is 2.21. The summed E-state index contributed by atoms with van der Waals surface area (Å²) in [6.07, 6.45) is 17.7. The van der Waals surface area contributed by atoms with Crippen molar-refractivity contribution < 1.29 is 9.53 Å². The highest BCUT2D eigenvalue weighted by Crippen LogP contribution is 2.18. The van der Waals surface area contributed by atoms with Crippen LogP contribution in [0.15, 0.2) is 24.8 Å². The van der Waals surface area contributed by atoms with Gasteiger partial charge in [0.25, 0.3) is 0 Å². The lowest BCUT2D eigenvalue weighted by atomic mass is 10.1. The summed E-state index contributed by atoms with van der Waals surface area (Å²) in [5.74, 6) is -0.0245. The van der Waals surface area contributed by atoms with Crippen LogP contribution in [0.2, 0.25) is 0 Å². The average molecular weight is 250 g/mol. The van der Waals surface area contributed by atoms with Gasteiger partial charge in [0, 0.05) is 6.42 Å². The Hall–Kier alpha value is -1.05. The summed E-state index contributed by atoms with van der Waals surface area (Å²) < 4.78 is 5.16. The topological polar surface area (TPSA) is 26.3 Å². The summed E-state index contributed by atoms with van der Waals surface area (Å²) >= 11 is 0. The lowest BCUT2D eigenvalue weighted by molar-refractivity contribution is -0.141. The maximum atomic E-state index is 10.9. The highest BCUT2D eigenvalue weighted by atomic mass is 16.5. The number of carbonyl (C=O) groups excluding carboxylic acids is 1. The first-order valence-electron chi connectivity index (χ1n) is 7.28. The van der Waals surface area contributed by atoms with E-state index < -0.39 is 0 Å². The van der Waals surface area contributed by atoms with Crippen LogP contribution in [0.4, 0.5) is 0 Å². The van der Waals surface area contributed by atoms with E-state index >= 15 is 0 Å². The number of rotatable bonds is 10. The summed E-state index contributed by atoms with van der Waals surface area (Å²) in [5, 5.41) is 0. The second-order valence-corrected chi connectivity index (χ2v) is 4.98. The molecular formula is C16H26O2. The third kappa shape index (κ3) is 7.31. The number of ether oxygens (including phenoxy) is 1. The molecule has 0 aliphatic carbocycles. The van der Waals surface area contributed by atoms with Crippen molar-refractivity contribution in [3.8, 4) is 0 Å². The summed E-state index contributed by atoms with van der Waals surface area (Å²) in [7, 11) is 0. The summed E-state index contributed by atoms with van der Waals surface area (Å²) in [4.78, 5) is 10.9. The van der Waals surface area contributed by atoms with Gasteiger partial charge in [-0.25, -0.2) is 0 Å². The molecule has 2 heteroatoms. The molecule has 0 bridgehead atoms. The average Bonchev–Trinajstić information content (AvgIpc) is 2.77. The quantitative estimate of drug-likeness (QED) is 0.323. The fourth-order valence-electron chi connectivity index (χ4n) is 2.21. The zero-order chi connectivity index (χ0) is 13.1. The van der Waals surface area contributed by atoms with Crippen molar-refractivity contribution in [2.45, 2.75) is 70.3 Å². The number of hydrogen-bond acceptors (Lipinski definition) is 2. The molecule has 0 spiro atoms. The van der Waals surface area contributed by atoms with Crippen molar-refractivity contribution in [3.05, 3.63) is 24.8 Å². The van der Waals surface area contributed by atoms with Gasteiger partial charge in [-0.05, 0) is 44.9 Å². The van der Waals surface area contributed by atoms with Gasteiger partial charge in [-0.1, -0.05) is 31.1 Å². The zero-order valence-electron chi connectivity index (χ0n) is 11.4. The van der Waals surface area contributed by atoms with E-state index in [0.717, 1.165) is 25.7 Å². The van der Waals surface area contributed by atoms with Gasteiger partial charge < -0.3 is 4.74 Å². The van der Waals surface area contributed by atoms with E-state index in [2.05, 4.69) is 18.7 Å². The van der Waals surface area contributed by atoms with Crippen LogP contribution >= 0.6 is 0 Å². The van der Waals surface area contributed by atoms with E-state index in [1.165, 1.54) is 32.1 Å². The molecular weight excluding hydrogens is 224 g/mol. The minimum absolute atomic E-state index is 0.0245. The largest absolute Gasteiger partial charge is 0.462 e. The van der Waals surface area contributed by atoms with Gasteiger partial charge in [-0.2, -0.15) is 0 Å². The predicted octanol–water partition coefficient (Wildman–Crippen LogP) is 4.56. The minimum Gasteiger partial charge on any atom is -0.462 e. The molecule has 0 aromatic heterocycles.